The second kappa shape index (κ2) is 6.43. The zero-order valence-corrected chi connectivity index (χ0v) is 15.1. The quantitative estimate of drug-likeness (QED) is 0.399. The summed E-state index contributed by atoms with van der Waals surface area (Å²) in [5.74, 6) is 0.483. The van der Waals surface area contributed by atoms with E-state index in [1.165, 1.54) is 27.8 Å². The second-order valence-corrected chi connectivity index (χ2v) is 6.93. The summed E-state index contributed by atoms with van der Waals surface area (Å²) in [5, 5.41) is 19.6. The first-order valence-electron chi connectivity index (χ1n) is 9.24. The number of rotatable bonds is 2. The van der Waals surface area contributed by atoms with E-state index >= 15 is 0 Å². The van der Waals surface area contributed by atoms with Crippen LogP contribution in [0.5, 0.6) is 11.5 Å². The van der Waals surface area contributed by atoms with Crippen molar-refractivity contribution in [3.05, 3.63) is 119 Å². The molecule has 0 atom stereocenters. The molecule has 0 fully saturated rings. The van der Waals surface area contributed by atoms with Gasteiger partial charge in [-0.2, -0.15) is 0 Å². The minimum atomic E-state index is 0.242. The van der Waals surface area contributed by atoms with E-state index in [4.69, 9.17) is 0 Å². The summed E-state index contributed by atoms with van der Waals surface area (Å²) in [7, 11) is 0. The second-order valence-electron chi connectivity index (χ2n) is 6.93. The summed E-state index contributed by atoms with van der Waals surface area (Å²) in [6.07, 6.45) is 0. The van der Waals surface area contributed by atoms with Gasteiger partial charge in [0.25, 0.3) is 0 Å². The molecule has 1 aliphatic carbocycles. The molecule has 0 radical (unpaired) electrons. The summed E-state index contributed by atoms with van der Waals surface area (Å²) >= 11 is 0. The number of fused-ring (bicyclic) bond motifs is 3. The predicted molar refractivity (Wildman–Crippen MR) is 113 cm³/mol. The summed E-state index contributed by atoms with van der Waals surface area (Å²) in [4.78, 5) is 0. The topological polar surface area (TPSA) is 40.5 Å². The van der Waals surface area contributed by atoms with E-state index in [9.17, 15) is 10.2 Å². The van der Waals surface area contributed by atoms with Crippen LogP contribution in [0, 0.1) is 0 Å². The van der Waals surface area contributed by atoms with Crippen molar-refractivity contribution in [3.8, 4) is 22.6 Å². The highest BCUT2D eigenvalue weighted by molar-refractivity contribution is 6.13. The standard InChI is InChI=1S/C26H18O2/c27-19-13-9-17(10-14-19)25(18-11-15-20(28)16-12-18)26-23-7-3-1-5-21(23)22-6-2-4-8-24(22)26/h1-16,27-28H. The van der Waals surface area contributed by atoms with Crippen molar-refractivity contribution >= 4 is 11.1 Å². The van der Waals surface area contributed by atoms with E-state index in [0.29, 0.717) is 0 Å². The third-order valence-corrected chi connectivity index (χ3v) is 5.24. The molecule has 28 heavy (non-hydrogen) atoms. The van der Waals surface area contributed by atoms with Crippen LogP contribution in [0.1, 0.15) is 22.3 Å². The Labute approximate surface area is 163 Å². The van der Waals surface area contributed by atoms with E-state index in [1.54, 1.807) is 24.3 Å². The molecule has 1 aliphatic rings. The van der Waals surface area contributed by atoms with Crippen LogP contribution in [0.3, 0.4) is 0 Å². The number of benzene rings is 4. The first kappa shape index (κ1) is 16.4. The number of hydrogen-bond donors (Lipinski definition) is 2. The van der Waals surface area contributed by atoms with Gasteiger partial charge in [-0.1, -0.05) is 72.8 Å². The van der Waals surface area contributed by atoms with E-state index < -0.39 is 0 Å². The number of phenolic OH excluding ortho intramolecular Hbond substituents is 2. The minimum Gasteiger partial charge on any atom is -0.508 e. The maximum Gasteiger partial charge on any atom is 0.115 e. The molecule has 4 aromatic carbocycles. The van der Waals surface area contributed by atoms with Gasteiger partial charge in [0.1, 0.15) is 11.5 Å². The van der Waals surface area contributed by atoms with Gasteiger partial charge in [-0.05, 0) is 68.8 Å². The van der Waals surface area contributed by atoms with Gasteiger partial charge in [-0.3, -0.25) is 0 Å². The van der Waals surface area contributed by atoms with Crippen LogP contribution in [-0.2, 0) is 0 Å². The molecule has 5 rings (SSSR count). The van der Waals surface area contributed by atoms with Crippen LogP contribution in [0.2, 0.25) is 0 Å². The normalized spacial score (nSPS) is 11.8. The molecule has 0 spiro atoms. The summed E-state index contributed by atoms with van der Waals surface area (Å²) in [6, 6.07) is 31.5. The van der Waals surface area contributed by atoms with Crippen molar-refractivity contribution in [1.29, 1.82) is 0 Å². The average molecular weight is 362 g/mol. The summed E-state index contributed by atoms with van der Waals surface area (Å²) in [5.41, 5.74) is 9.13. The first-order chi connectivity index (χ1) is 13.7. The minimum absolute atomic E-state index is 0.242. The zero-order chi connectivity index (χ0) is 19.1. The van der Waals surface area contributed by atoms with Crippen molar-refractivity contribution in [2.45, 2.75) is 0 Å². The lowest BCUT2D eigenvalue weighted by Gasteiger charge is -2.15. The Morgan fingerprint density at radius 3 is 1.18 bits per heavy atom. The third-order valence-electron chi connectivity index (χ3n) is 5.24. The number of hydrogen-bond acceptors (Lipinski definition) is 2. The monoisotopic (exact) mass is 362 g/mol. The Kier molecular flexibility index (Phi) is 3.77. The molecule has 2 heteroatoms. The average Bonchev–Trinajstić information content (AvgIpc) is 3.06. The molecular formula is C26H18O2. The molecule has 4 aromatic rings. The lowest BCUT2D eigenvalue weighted by molar-refractivity contribution is 0.475. The van der Waals surface area contributed by atoms with Crippen LogP contribution in [0.15, 0.2) is 97.1 Å². The summed E-state index contributed by atoms with van der Waals surface area (Å²) < 4.78 is 0. The van der Waals surface area contributed by atoms with Crippen LogP contribution >= 0.6 is 0 Å². The predicted octanol–water partition coefficient (Wildman–Crippen LogP) is 6.09. The van der Waals surface area contributed by atoms with Gasteiger partial charge >= 0.3 is 0 Å². The van der Waals surface area contributed by atoms with Gasteiger partial charge < -0.3 is 10.2 Å². The molecule has 0 bridgehead atoms. The molecule has 0 aliphatic heterocycles. The molecule has 0 heterocycles. The van der Waals surface area contributed by atoms with Crippen LogP contribution in [0.4, 0.5) is 0 Å². The molecule has 2 N–H and O–H groups in total. The van der Waals surface area contributed by atoms with E-state index in [1.807, 2.05) is 24.3 Å². The highest BCUT2D eigenvalue weighted by Crippen LogP contribution is 2.48. The van der Waals surface area contributed by atoms with Gasteiger partial charge in [0, 0.05) is 0 Å². The van der Waals surface area contributed by atoms with Crippen molar-refractivity contribution < 1.29 is 10.2 Å². The van der Waals surface area contributed by atoms with Gasteiger partial charge in [0.15, 0.2) is 0 Å². The Hall–Kier alpha value is -3.78. The molecule has 0 amide bonds. The van der Waals surface area contributed by atoms with Crippen molar-refractivity contribution in [3.63, 3.8) is 0 Å². The maximum atomic E-state index is 9.78. The molecule has 0 unspecified atom stereocenters. The van der Waals surface area contributed by atoms with Gasteiger partial charge in [0.05, 0.1) is 0 Å². The molecule has 0 saturated carbocycles. The Morgan fingerprint density at radius 2 is 0.786 bits per heavy atom. The fourth-order valence-corrected chi connectivity index (χ4v) is 4.00. The number of aromatic hydroxyl groups is 2. The molecule has 2 nitrogen and oxygen atoms in total. The SMILES string of the molecule is Oc1ccc(C(=C2c3ccccc3-c3ccccc32)c2ccc(O)cc2)cc1. The van der Waals surface area contributed by atoms with Gasteiger partial charge in [-0.25, -0.2) is 0 Å². The lowest BCUT2D eigenvalue weighted by Crippen LogP contribution is -1.94. The highest BCUT2D eigenvalue weighted by Gasteiger charge is 2.26. The van der Waals surface area contributed by atoms with Crippen LogP contribution < -0.4 is 0 Å². The fourth-order valence-electron chi connectivity index (χ4n) is 4.00. The Bertz CT molecular complexity index is 1100. The lowest BCUT2D eigenvalue weighted by atomic mass is 9.88. The van der Waals surface area contributed by atoms with Crippen molar-refractivity contribution in [1.82, 2.24) is 0 Å². The number of phenols is 2. The molecule has 134 valence electrons. The van der Waals surface area contributed by atoms with Gasteiger partial charge in [0.2, 0.25) is 0 Å². The molecule has 0 saturated heterocycles. The van der Waals surface area contributed by atoms with Crippen LogP contribution in [0.25, 0.3) is 22.3 Å². The van der Waals surface area contributed by atoms with E-state index in [2.05, 4.69) is 48.5 Å². The molecule has 0 aromatic heterocycles. The smallest absolute Gasteiger partial charge is 0.115 e. The highest BCUT2D eigenvalue weighted by atomic mass is 16.3. The van der Waals surface area contributed by atoms with E-state index in [-0.39, 0.29) is 11.5 Å². The van der Waals surface area contributed by atoms with Gasteiger partial charge in [-0.15, -0.1) is 0 Å². The van der Waals surface area contributed by atoms with E-state index in [0.717, 1.165) is 16.7 Å². The summed E-state index contributed by atoms with van der Waals surface area (Å²) in [6.45, 7) is 0. The Morgan fingerprint density at radius 1 is 0.429 bits per heavy atom. The van der Waals surface area contributed by atoms with Crippen molar-refractivity contribution in [2.75, 3.05) is 0 Å². The largest absolute Gasteiger partial charge is 0.508 e. The third kappa shape index (κ3) is 2.58. The fraction of sp³-hybridized carbons (Fsp3) is 0. The molecular weight excluding hydrogens is 344 g/mol. The first-order valence-corrected chi connectivity index (χ1v) is 9.24. The zero-order valence-electron chi connectivity index (χ0n) is 15.1. The van der Waals surface area contributed by atoms with Crippen LogP contribution in [-0.4, -0.2) is 10.2 Å². The van der Waals surface area contributed by atoms with Crippen molar-refractivity contribution in [2.24, 2.45) is 0 Å². The Balaban J connectivity index is 1.90. The maximum absolute atomic E-state index is 9.78.